The predicted molar refractivity (Wildman–Crippen MR) is 126 cm³/mol. The molecule has 3 aromatic rings. The van der Waals surface area contributed by atoms with Crippen molar-refractivity contribution >= 4 is 29.0 Å². The van der Waals surface area contributed by atoms with Gasteiger partial charge >= 0.3 is 5.69 Å². The Morgan fingerprint density at radius 3 is 2.43 bits per heavy atom. The first-order valence-electron chi connectivity index (χ1n) is 10.5. The van der Waals surface area contributed by atoms with E-state index in [1.807, 2.05) is 6.07 Å². The van der Waals surface area contributed by atoms with E-state index in [4.69, 9.17) is 23.2 Å². The molecular weight excluding hydrogens is 506 g/mol. The molecule has 1 aliphatic rings. The van der Waals surface area contributed by atoms with Crippen LogP contribution in [0.25, 0.3) is 16.8 Å². The quantitative estimate of drug-likeness (QED) is 0.489. The summed E-state index contributed by atoms with van der Waals surface area (Å²) in [5.41, 5.74) is -1.61. The molecular formula is C23H18Cl2F3N5O2. The number of benzene rings is 1. The highest BCUT2D eigenvalue weighted by Crippen LogP contribution is 2.36. The highest BCUT2D eigenvalue weighted by molar-refractivity contribution is 6.31. The van der Waals surface area contributed by atoms with Crippen LogP contribution in [0.2, 0.25) is 10.0 Å². The van der Waals surface area contributed by atoms with E-state index < -0.39 is 41.9 Å². The van der Waals surface area contributed by atoms with Gasteiger partial charge in [0.2, 0.25) is 0 Å². The second-order valence-corrected chi connectivity index (χ2v) is 8.97. The highest BCUT2D eigenvalue weighted by atomic mass is 35.5. The average molecular weight is 524 g/mol. The Balaban J connectivity index is 2.13. The molecule has 0 radical (unpaired) electrons. The van der Waals surface area contributed by atoms with Crippen LogP contribution in [0.5, 0.6) is 0 Å². The van der Waals surface area contributed by atoms with E-state index in [1.54, 1.807) is 0 Å². The number of piperidine rings is 1. The Labute approximate surface area is 207 Å². The number of anilines is 1. The first-order valence-corrected chi connectivity index (χ1v) is 11.3. The maximum Gasteiger partial charge on any atom is 0.338 e. The summed E-state index contributed by atoms with van der Waals surface area (Å²) in [5, 5.41) is 9.57. The molecule has 7 nitrogen and oxygen atoms in total. The molecule has 12 heteroatoms. The number of hydrogen-bond donors (Lipinski definition) is 0. The summed E-state index contributed by atoms with van der Waals surface area (Å²) >= 11 is 12.0. The molecule has 35 heavy (non-hydrogen) atoms. The Kier molecular flexibility index (Phi) is 6.66. The number of nitrogens with zero attached hydrogens (tertiary/aromatic N) is 5. The fourth-order valence-electron chi connectivity index (χ4n) is 4.03. The van der Waals surface area contributed by atoms with Gasteiger partial charge in [-0.15, -0.1) is 0 Å². The molecule has 3 heterocycles. The van der Waals surface area contributed by atoms with E-state index in [9.17, 15) is 28.0 Å². The van der Waals surface area contributed by atoms with Gasteiger partial charge in [-0.25, -0.2) is 22.5 Å². The van der Waals surface area contributed by atoms with Crippen LogP contribution in [-0.4, -0.2) is 33.1 Å². The third kappa shape index (κ3) is 4.66. The van der Waals surface area contributed by atoms with Crippen LogP contribution < -0.4 is 16.1 Å². The van der Waals surface area contributed by atoms with Gasteiger partial charge < -0.3 is 4.90 Å². The SMILES string of the molecule is C[C@@H](C#N)n1c(N2CCC(F)(F)CC2)c(-c2ccc(F)c(Cl)c2)c(=O)n(-c2cncc(Cl)c2)c1=O. The minimum absolute atomic E-state index is 0.0153. The van der Waals surface area contributed by atoms with Crippen LogP contribution >= 0.6 is 23.2 Å². The molecule has 0 saturated carbocycles. The first kappa shape index (κ1) is 24.8. The number of hydrogen-bond acceptors (Lipinski definition) is 5. The lowest BCUT2D eigenvalue weighted by atomic mass is 10.0. The summed E-state index contributed by atoms with van der Waals surface area (Å²) in [7, 11) is 0. The van der Waals surface area contributed by atoms with Crippen LogP contribution in [0.1, 0.15) is 25.8 Å². The van der Waals surface area contributed by atoms with Crippen molar-refractivity contribution in [3.8, 4) is 22.9 Å². The summed E-state index contributed by atoms with van der Waals surface area (Å²) in [6.07, 6.45) is 1.55. The monoisotopic (exact) mass is 523 g/mol. The average Bonchev–Trinajstić information content (AvgIpc) is 2.80. The molecule has 2 aromatic heterocycles. The van der Waals surface area contributed by atoms with Gasteiger partial charge in [-0.2, -0.15) is 5.26 Å². The summed E-state index contributed by atoms with van der Waals surface area (Å²) in [6, 6.07) is 5.79. The molecule has 0 unspecified atom stereocenters. The van der Waals surface area contributed by atoms with Crippen LogP contribution in [-0.2, 0) is 0 Å². The van der Waals surface area contributed by atoms with E-state index in [1.165, 1.54) is 42.4 Å². The standard InChI is InChI=1S/C23H18Cl2F3N5O2/c1-13(10-29)32-20(31-6-4-23(27,28)5-7-31)19(14-2-3-18(26)17(25)8-14)21(34)33(22(32)35)16-9-15(24)11-30-12-16/h2-3,8-9,11-13H,4-7H2,1H3/t13-/m0/s1. The van der Waals surface area contributed by atoms with Gasteiger partial charge in [-0.05, 0) is 30.7 Å². The van der Waals surface area contributed by atoms with Crippen LogP contribution in [0, 0.1) is 17.1 Å². The maximum atomic E-state index is 13.9. The van der Waals surface area contributed by atoms with Crippen molar-refractivity contribution in [1.82, 2.24) is 14.1 Å². The lowest BCUT2D eigenvalue weighted by Crippen LogP contribution is -2.47. The normalized spacial score (nSPS) is 16.1. The lowest BCUT2D eigenvalue weighted by molar-refractivity contribution is -0.0222. The van der Waals surface area contributed by atoms with Crippen molar-refractivity contribution in [2.75, 3.05) is 18.0 Å². The van der Waals surface area contributed by atoms with Gasteiger partial charge in [0.15, 0.2) is 0 Å². The first-order chi connectivity index (χ1) is 16.5. The molecule has 1 fully saturated rings. The molecule has 4 rings (SSSR count). The molecule has 1 aliphatic heterocycles. The van der Waals surface area contributed by atoms with Gasteiger partial charge in [0.05, 0.1) is 33.6 Å². The Morgan fingerprint density at radius 1 is 1.14 bits per heavy atom. The van der Waals surface area contributed by atoms with Crippen LogP contribution in [0.3, 0.4) is 0 Å². The Morgan fingerprint density at radius 2 is 1.83 bits per heavy atom. The van der Waals surface area contributed by atoms with Gasteiger partial charge in [0, 0.05) is 32.1 Å². The summed E-state index contributed by atoms with van der Waals surface area (Å²) in [5.74, 6) is -3.64. The van der Waals surface area contributed by atoms with Crippen molar-refractivity contribution in [2.24, 2.45) is 0 Å². The predicted octanol–water partition coefficient (Wildman–Crippen LogP) is 4.83. The van der Waals surface area contributed by atoms with Crippen molar-refractivity contribution in [3.63, 3.8) is 0 Å². The number of pyridine rings is 1. The summed E-state index contributed by atoms with van der Waals surface area (Å²) in [6.45, 7) is 1.10. The molecule has 1 atom stereocenters. The van der Waals surface area contributed by atoms with E-state index in [2.05, 4.69) is 4.98 Å². The van der Waals surface area contributed by atoms with Gasteiger partial charge in [-0.1, -0.05) is 29.3 Å². The topological polar surface area (TPSA) is 83.9 Å². The fourth-order valence-corrected chi connectivity index (χ4v) is 4.38. The van der Waals surface area contributed by atoms with Gasteiger partial charge in [0.1, 0.15) is 17.7 Å². The van der Waals surface area contributed by atoms with Crippen LogP contribution in [0.4, 0.5) is 19.0 Å². The second-order valence-electron chi connectivity index (χ2n) is 8.13. The molecule has 0 bridgehead atoms. The molecule has 0 amide bonds. The smallest absolute Gasteiger partial charge is 0.338 e. The zero-order valence-electron chi connectivity index (χ0n) is 18.3. The second kappa shape index (κ2) is 9.40. The van der Waals surface area contributed by atoms with Crippen molar-refractivity contribution < 1.29 is 13.2 Å². The van der Waals surface area contributed by atoms with Crippen molar-refractivity contribution in [1.29, 1.82) is 5.26 Å². The number of halogens is 5. The van der Waals surface area contributed by atoms with Crippen LogP contribution in [0.15, 0.2) is 46.2 Å². The number of alkyl halides is 2. The summed E-state index contributed by atoms with van der Waals surface area (Å²) < 4.78 is 43.7. The molecule has 0 aliphatic carbocycles. The molecule has 182 valence electrons. The summed E-state index contributed by atoms with van der Waals surface area (Å²) in [4.78, 5) is 32.9. The molecule has 1 aromatic carbocycles. The van der Waals surface area contributed by atoms with Crippen molar-refractivity contribution in [3.05, 3.63) is 73.4 Å². The van der Waals surface area contributed by atoms with E-state index in [0.717, 1.165) is 15.2 Å². The Bertz CT molecular complexity index is 1450. The largest absolute Gasteiger partial charge is 0.357 e. The third-order valence-corrected chi connectivity index (χ3v) is 6.29. The Hall–Kier alpha value is -3.29. The lowest BCUT2D eigenvalue weighted by Gasteiger charge is -2.36. The zero-order valence-corrected chi connectivity index (χ0v) is 19.8. The van der Waals surface area contributed by atoms with E-state index in [0.29, 0.717) is 0 Å². The molecule has 1 saturated heterocycles. The third-order valence-electron chi connectivity index (χ3n) is 5.79. The van der Waals surface area contributed by atoms with E-state index >= 15 is 0 Å². The van der Waals surface area contributed by atoms with Gasteiger partial charge in [0.25, 0.3) is 11.5 Å². The number of rotatable bonds is 4. The molecule has 0 spiro atoms. The van der Waals surface area contributed by atoms with Gasteiger partial charge in [-0.3, -0.25) is 14.3 Å². The molecule has 0 N–H and O–H groups in total. The fraction of sp³-hybridized carbons (Fsp3) is 0.304. The maximum absolute atomic E-state index is 13.9. The minimum Gasteiger partial charge on any atom is -0.357 e. The zero-order chi connectivity index (χ0) is 25.5. The number of nitriles is 1. The highest BCUT2D eigenvalue weighted by Gasteiger charge is 2.37. The number of aromatic nitrogens is 3. The minimum atomic E-state index is -2.90. The van der Waals surface area contributed by atoms with E-state index in [-0.39, 0.29) is 45.8 Å². The van der Waals surface area contributed by atoms with Crippen molar-refractivity contribution in [2.45, 2.75) is 31.7 Å².